The first-order valence-electron chi connectivity index (χ1n) is 10.2. The van der Waals surface area contributed by atoms with E-state index in [1.54, 1.807) is 42.1 Å². The van der Waals surface area contributed by atoms with Gasteiger partial charge in [-0.2, -0.15) is 9.40 Å². The molecule has 2 aromatic rings. The lowest BCUT2D eigenvalue weighted by Crippen LogP contribution is -2.33. The molecular weight excluding hydrogens is 436 g/mol. The summed E-state index contributed by atoms with van der Waals surface area (Å²) in [5, 5.41) is 7.73. The number of aryl methyl sites for hydroxylation is 1. The molecule has 0 saturated heterocycles. The van der Waals surface area contributed by atoms with Crippen molar-refractivity contribution >= 4 is 33.6 Å². The van der Waals surface area contributed by atoms with Crippen molar-refractivity contribution in [1.82, 2.24) is 19.4 Å². The van der Waals surface area contributed by atoms with Gasteiger partial charge in [0, 0.05) is 37.8 Å². The first kappa shape index (κ1) is 25.1. The van der Waals surface area contributed by atoms with Gasteiger partial charge in [0.25, 0.3) is 0 Å². The average Bonchev–Trinajstić information content (AvgIpc) is 2.96. The lowest BCUT2D eigenvalue weighted by Gasteiger charge is -2.21. The normalized spacial score (nSPS) is 12.5. The van der Waals surface area contributed by atoms with Gasteiger partial charge in [0.15, 0.2) is 0 Å². The number of rotatable bonds is 9. The quantitative estimate of drug-likeness (QED) is 0.568. The van der Waals surface area contributed by atoms with Crippen LogP contribution in [0, 0.1) is 12.8 Å². The van der Waals surface area contributed by atoms with Crippen molar-refractivity contribution in [3.05, 3.63) is 52.3 Å². The lowest BCUT2D eigenvalue weighted by atomic mass is 10.2. The number of amides is 1. The number of nitrogens with zero attached hydrogens (tertiary/aromatic N) is 3. The Hall–Kier alpha value is -2.16. The third-order valence-electron chi connectivity index (χ3n) is 4.84. The van der Waals surface area contributed by atoms with Gasteiger partial charge in [-0.3, -0.25) is 9.48 Å². The van der Waals surface area contributed by atoms with E-state index in [1.165, 1.54) is 10.4 Å². The van der Waals surface area contributed by atoms with Gasteiger partial charge < -0.3 is 5.32 Å². The van der Waals surface area contributed by atoms with Gasteiger partial charge in [0.05, 0.1) is 10.6 Å². The SMILES string of the molecule is Cc1nn(CC(C)C)c(Cl)c1/C=C/C(=O)NCc1ccc(S(=O)(=O)N(C)C(C)C)cc1. The lowest BCUT2D eigenvalue weighted by molar-refractivity contribution is -0.116. The Kier molecular flexibility index (Phi) is 8.45. The average molecular weight is 467 g/mol. The maximum Gasteiger partial charge on any atom is 0.244 e. The topological polar surface area (TPSA) is 84.3 Å². The number of halogens is 1. The summed E-state index contributed by atoms with van der Waals surface area (Å²) < 4.78 is 28.1. The number of nitrogens with one attached hydrogen (secondary N) is 1. The molecule has 0 atom stereocenters. The van der Waals surface area contributed by atoms with E-state index < -0.39 is 10.0 Å². The Bertz CT molecular complexity index is 1040. The molecular formula is C22H31ClN4O3S. The molecule has 1 aromatic carbocycles. The fourth-order valence-electron chi connectivity index (χ4n) is 2.85. The Morgan fingerprint density at radius 1 is 1.23 bits per heavy atom. The molecule has 1 heterocycles. The van der Waals surface area contributed by atoms with Crippen LogP contribution in [0.15, 0.2) is 35.2 Å². The number of aromatic nitrogens is 2. The number of carbonyl (C=O) groups excluding carboxylic acids is 1. The van der Waals surface area contributed by atoms with Crippen LogP contribution in [0.5, 0.6) is 0 Å². The highest BCUT2D eigenvalue weighted by Crippen LogP contribution is 2.22. The Morgan fingerprint density at radius 2 is 1.84 bits per heavy atom. The van der Waals surface area contributed by atoms with Crippen molar-refractivity contribution in [1.29, 1.82) is 0 Å². The van der Waals surface area contributed by atoms with Gasteiger partial charge in [-0.05, 0) is 50.5 Å². The summed E-state index contributed by atoms with van der Waals surface area (Å²) in [6, 6.07) is 6.37. The number of carbonyl (C=O) groups is 1. The van der Waals surface area contributed by atoms with E-state index in [4.69, 9.17) is 11.6 Å². The standard InChI is InChI=1S/C22H31ClN4O3S/c1-15(2)14-27-22(23)20(17(5)25-27)11-12-21(28)24-13-18-7-9-19(10-8-18)31(29,30)26(6)16(3)4/h7-12,15-16H,13-14H2,1-6H3,(H,24,28)/b12-11+. The molecule has 0 unspecified atom stereocenters. The molecule has 1 amide bonds. The zero-order valence-electron chi connectivity index (χ0n) is 18.9. The van der Waals surface area contributed by atoms with Crippen LogP contribution < -0.4 is 5.32 Å². The van der Waals surface area contributed by atoms with Crippen LogP contribution in [0.25, 0.3) is 6.08 Å². The summed E-state index contributed by atoms with van der Waals surface area (Å²) in [4.78, 5) is 12.4. The molecule has 2 rings (SSSR count). The summed E-state index contributed by atoms with van der Waals surface area (Å²) in [5.41, 5.74) is 2.28. The summed E-state index contributed by atoms with van der Waals surface area (Å²) >= 11 is 6.39. The highest BCUT2D eigenvalue weighted by atomic mass is 35.5. The van der Waals surface area contributed by atoms with Crippen LogP contribution >= 0.6 is 11.6 Å². The van der Waals surface area contributed by atoms with Crippen LogP contribution in [0.4, 0.5) is 0 Å². The molecule has 0 saturated carbocycles. The Labute approximate surface area is 190 Å². The van der Waals surface area contributed by atoms with Gasteiger partial charge >= 0.3 is 0 Å². The van der Waals surface area contributed by atoms with Crippen LogP contribution in [-0.4, -0.2) is 41.5 Å². The molecule has 31 heavy (non-hydrogen) atoms. The molecule has 1 N–H and O–H groups in total. The molecule has 170 valence electrons. The molecule has 0 aliphatic carbocycles. The molecule has 0 bridgehead atoms. The smallest absolute Gasteiger partial charge is 0.244 e. The fourth-order valence-corrected chi connectivity index (χ4v) is 4.53. The van der Waals surface area contributed by atoms with Crippen molar-refractivity contribution in [2.45, 2.75) is 58.6 Å². The van der Waals surface area contributed by atoms with Crippen molar-refractivity contribution in [2.24, 2.45) is 5.92 Å². The van der Waals surface area contributed by atoms with E-state index >= 15 is 0 Å². The zero-order chi connectivity index (χ0) is 23.3. The van der Waals surface area contributed by atoms with Gasteiger partial charge in [-0.15, -0.1) is 0 Å². The predicted octanol–water partition coefficient (Wildman–Crippen LogP) is 3.86. The highest BCUT2D eigenvalue weighted by Gasteiger charge is 2.22. The van der Waals surface area contributed by atoms with E-state index in [-0.39, 0.29) is 23.4 Å². The van der Waals surface area contributed by atoms with E-state index in [2.05, 4.69) is 24.3 Å². The molecule has 0 aliphatic rings. The van der Waals surface area contributed by atoms with Crippen molar-refractivity contribution in [3.63, 3.8) is 0 Å². The van der Waals surface area contributed by atoms with Crippen LogP contribution in [0.3, 0.4) is 0 Å². The van der Waals surface area contributed by atoms with Crippen LogP contribution in [0.1, 0.15) is 44.5 Å². The fraction of sp³-hybridized carbons (Fsp3) is 0.455. The Balaban J connectivity index is 2.00. The summed E-state index contributed by atoms with van der Waals surface area (Å²) in [7, 11) is -1.97. The second-order valence-corrected chi connectivity index (χ2v) is 10.5. The molecule has 0 fully saturated rings. The van der Waals surface area contributed by atoms with Gasteiger partial charge in [-0.1, -0.05) is 37.6 Å². The van der Waals surface area contributed by atoms with Crippen molar-refractivity contribution in [2.75, 3.05) is 7.05 Å². The number of benzene rings is 1. The van der Waals surface area contributed by atoms with E-state index in [0.29, 0.717) is 17.6 Å². The first-order chi connectivity index (χ1) is 14.4. The number of hydrogen-bond donors (Lipinski definition) is 1. The van der Waals surface area contributed by atoms with Crippen LogP contribution in [-0.2, 0) is 27.9 Å². The minimum atomic E-state index is -3.53. The maximum absolute atomic E-state index is 12.5. The number of sulfonamides is 1. The van der Waals surface area contributed by atoms with E-state index in [9.17, 15) is 13.2 Å². The molecule has 0 aliphatic heterocycles. The monoisotopic (exact) mass is 466 g/mol. The van der Waals surface area contributed by atoms with Crippen molar-refractivity contribution in [3.8, 4) is 0 Å². The maximum atomic E-state index is 12.5. The first-order valence-corrected chi connectivity index (χ1v) is 12.0. The van der Waals surface area contributed by atoms with E-state index in [1.807, 2.05) is 20.8 Å². The van der Waals surface area contributed by atoms with Gasteiger partial charge in [0.2, 0.25) is 15.9 Å². The number of hydrogen-bond acceptors (Lipinski definition) is 4. The summed E-state index contributed by atoms with van der Waals surface area (Å²) in [6.07, 6.45) is 3.08. The van der Waals surface area contributed by atoms with Crippen LogP contribution in [0.2, 0.25) is 5.15 Å². The van der Waals surface area contributed by atoms with E-state index in [0.717, 1.165) is 16.8 Å². The third-order valence-corrected chi connectivity index (χ3v) is 7.29. The minimum Gasteiger partial charge on any atom is -0.348 e. The predicted molar refractivity (Wildman–Crippen MR) is 124 cm³/mol. The highest BCUT2D eigenvalue weighted by molar-refractivity contribution is 7.89. The molecule has 0 radical (unpaired) electrons. The minimum absolute atomic E-state index is 0.134. The van der Waals surface area contributed by atoms with Gasteiger partial charge in [0.1, 0.15) is 5.15 Å². The molecule has 7 nitrogen and oxygen atoms in total. The summed E-state index contributed by atoms with van der Waals surface area (Å²) in [5.74, 6) is 0.132. The Morgan fingerprint density at radius 3 is 2.39 bits per heavy atom. The second kappa shape index (κ2) is 10.4. The largest absolute Gasteiger partial charge is 0.348 e. The second-order valence-electron chi connectivity index (χ2n) is 8.18. The third kappa shape index (κ3) is 6.41. The summed E-state index contributed by atoms with van der Waals surface area (Å²) in [6.45, 7) is 10.6. The van der Waals surface area contributed by atoms with Gasteiger partial charge in [-0.25, -0.2) is 8.42 Å². The molecule has 1 aromatic heterocycles. The molecule has 0 spiro atoms. The van der Waals surface area contributed by atoms with Crippen molar-refractivity contribution < 1.29 is 13.2 Å². The molecule has 9 heteroatoms. The zero-order valence-corrected chi connectivity index (χ0v) is 20.5.